The summed E-state index contributed by atoms with van der Waals surface area (Å²) < 4.78 is 5.15. The molecule has 0 aliphatic heterocycles. The van der Waals surface area contributed by atoms with Gasteiger partial charge in [0.2, 0.25) is 0 Å². The standard InChI is InChI=1S/C13H30N2O/c1-6-8-15(11-13(3,4)10-14)12(2)7-9-16-5/h12H,6-11,14H2,1-5H3. The predicted octanol–water partition coefficient (Wildman–Crippen LogP) is 2.11. The highest BCUT2D eigenvalue weighted by Gasteiger charge is 2.22. The molecule has 0 radical (unpaired) electrons. The Labute approximate surface area is 101 Å². The molecule has 0 heterocycles. The van der Waals surface area contributed by atoms with Crippen LogP contribution in [0.2, 0.25) is 0 Å². The quantitative estimate of drug-likeness (QED) is 0.659. The van der Waals surface area contributed by atoms with Crippen LogP contribution < -0.4 is 5.73 Å². The van der Waals surface area contributed by atoms with Gasteiger partial charge in [0.25, 0.3) is 0 Å². The van der Waals surface area contributed by atoms with Crippen molar-refractivity contribution in [2.24, 2.45) is 11.1 Å². The van der Waals surface area contributed by atoms with Crippen LogP contribution in [0.3, 0.4) is 0 Å². The van der Waals surface area contributed by atoms with Crippen LogP contribution in [0.15, 0.2) is 0 Å². The van der Waals surface area contributed by atoms with E-state index in [1.807, 2.05) is 0 Å². The average Bonchev–Trinajstić information content (AvgIpc) is 2.25. The molecule has 16 heavy (non-hydrogen) atoms. The van der Waals surface area contributed by atoms with Gasteiger partial charge in [-0.15, -0.1) is 0 Å². The van der Waals surface area contributed by atoms with Crippen molar-refractivity contribution in [3.63, 3.8) is 0 Å². The molecular weight excluding hydrogens is 200 g/mol. The van der Waals surface area contributed by atoms with E-state index >= 15 is 0 Å². The maximum Gasteiger partial charge on any atom is 0.0477 e. The van der Waals surface area contributed by atoms with Gasteiger partial charge in [-0.2, -0.15) is 0 Å². The van der Waals surface area contributed by atoms with Gasteiger partial charge in [-0.05, 0) is 38.3 Å². The lowest BCUT2D eigenvalue weighted by atomic mass is 9.92. The third-order valence-electron chi connectivity index (χ3n) is 3.06. The van der Waals surface area contributed by atoms with E-state index in [1.165, 1.54) is 6.42 Å². The van der Waals surface area contributed by atoms with Gasteiger partial charge >= 0.3 is 0 Å². The van der Waals surface area contributed by atoms with Gasteiger partial charge in [-0.25, -0.2) is 0 Å². The molecule has 0 bridgehead atoms. The number of hydrogen-bond acceptors (Lipinski definition) is 3. The molecule has 0 aliphatic rings. The highest BCUT2D eigenvalue weighted by Crippen LogP contribution is 2.18. The fourth-order valence-electron chi connectivity index (χ4n) is 1.83. The van der Waals surface area contributed by atoms with Crippen LogP contribution in [0.1, 0.15) is 40.5 Å². The van der Waals surface area contributed by atoms with E-state index in [1.54, 1.807) is 7.11 Å². The molecule has 0 aromatic heterocycles. The second kappa shape index (κ2) is 8.04. The van der Waals surface area contributed by atoms with E-state index in [4.69, 9.17) is 10.5 Å². The zero-order chi connectivity index (χ0) is 12.6. The number of methoxy groups -OCH3 is 1. The molecule has 0 saturated heterocycles. The topological polar surface area (TPSA) is 38.5 Å². The van der Waals surface area contributed by atoms with Crippen LogP contribution in [0.4, 0.5) is 0 Å². The van der Waals surface area contributed by atoms with Gasteiger partial charge in [-0.1, -0.05) is 20.8 Å². The lowest BCUT2D eigenvalue weighted by Gasteiger charge is -2.35. The van der Waals surface area contributed by atoms with E-state index in [0.717, 1.165) is 32.7 Å². The maximum atomic E-state index is 5.80. The van der Waals surface area contributed by atoms with Gasteiger partial charge < -0.3 is 15.4 Å². The largest absolute Gasteiger partial charge is 0.385 e. The molecule has 98 valence electrons. The summed E-state index contributed by atoms with van der Waals surface area (Å²) in [6.07, 6.45) is 2.29. The van der Waals surface area contributed by atoms with Gasteiger partial charge in [0.1, 0.15) is 0 Å². The van der Waals surface area contributed by atoms with Gasteiger partial charge in [0.15, 0.2) is 0 Å². The molecular formula is C13H30N2O. The Hall–Kier alpha value is -0.120. The molecule has 0 aromatic carbocycles. The molecule has 3 heteroatoms. The molecule has 1 unspecified atom stereocenters. The SMILES string of the molecule is CCCN(CC(C)(C)CN)C(C)CCOC. The number of rotatable bonds is 9. The molecule has 0 amide bonds. The second-order valence-electron chi connectivity index (χ2n) is 5.47. The normalized spacial score (nSPS) is 14.4. The van der Waals surface area contributed by atoms with Crippen molar-refractivity contribution in [2.45, 2.75) is 46.6 Å². The van der Waals surface area contributed by atoms with Crippen molar-refractivity contribution in [1.29, 1.82) is 0 Å². The minimum absolute atomic E-state index is 0.205. The van der Waals surface area contributed by atoms with Gasteiger partial charge in [0.05, 0.1) is 0 Å². The average molecular weight is 230 g/mol. The predicted molar refractivity (Wildman–Crippen MR) is 70.7 cm³/mol. The maximum absolute atomic E-state index is 5.80. The highest BCUT2D eigenvalue weighted by atomic mass is 16.5. The van der Waals surface area contributed by atoms with Gasteiger partial charge in [0, 0.05) is 26.3 Å². The van der Waals surface area contributed by atoms with Crippen molar-refractivity contribution < 1.29 is 4.74 Å². The molecule has 0 saturated carbocycles. The summed E-state index contributed by atoms with van der Waals surface area (Å²) in [5.74, 6) is 0. The highest BCUT2D eigenvalue weighted by molar-refractivity contribution is 4.77. The molecule has 0 aliphatic carbocycles. The monoisotopic (exact) mass is 230 g/mol. The van der Waals surface area contributed by atoms with E-state index in [2.05, 4.69) is 32.6 Å². The summed E-state index contributed by atoms with van der Waals surface area (Å²) in [5.41, 5.74) is 6.00. The number of nitrogens with zero attached hydrogens (tertiary/aromatic N) is 1. The van der Waals surface area contributed by atoms with Crippen molar-refractivity contribution in [2.75, 3.05) is 33.4 Å². The molecule has 0 fully saturated rings. The third kappa shape index (κ3) is 6.46. The van der Waals surface area contributed by atoms with Crippen molar-refractivity contribution in [1.82, 2.24) is 4.90 Å². The molecule has 0 rings (SSSR count). The Kier molecular flexibility index (Phi) is 7.98. The first kappa shape index (κ1) is 15.9. The number of hydrogen-bond donors (Lipinski definition) is 1. The molecule has 3 nitrogen and oxygen atoms in total. The molecule has 1 atom stereocenters. The summed E-state index contributed by atoms with van der Waals surface area (Å²) in [6.45, 7) is 12.8. The van der Waals surface area contributed by atoms with Crippen molar-refractivity contribution >= 4 is 0 Å². The Bertz CT molecular complexity index is 171. The summed E-state index contributed by atoms with van der Waals surface area (Å²) in [6, 6.07) is 0.575. The molecule has 0 aromatic rings. The Morgan fingerprint density at radius 2 is 2.00 bits per heavy atom. The van der Waals surface area contributed by atoms with Crippen LogP contribution >= 0.6 is 0 Å². The summed E-state index contributed by atoms with van der Waals surface area (Å²) in [4.78, 5) is 2.53. The van der Waals surface area contributed by atoms with Crippen molar-refractivity contribution in [3.8, 4) is 0 Å². The van der Waals surface area contributed by atoms with E-state index in [-0.39, 0.29) is 5.41 Å². The van der Waals surface area contributed by atoms with Crippen LogP contribution in [-0.2, 0) is 4.74 Å². The fourth-order valence-corrected chi connectivity index (χ4v) is 1.83. The van der Waals surface area contributed by atoms with Crippen LogP contribution in [-0.4, -0.2) is 44.3 Å². The lowest BCUT2D eigenvalue weighted by Crippen LogP contribution is -2.43. The lowest BCUT2D eigenvalue weighted by molar-refractivity contribution is 0.106. The van der Waals surface area contributed by atoms with Crippen LogP contribution in [0.5, 0.6) is 0 Å². The van der Waals surface area contributed by atoms with E-state index < -0.39 is 0 Å². The fraction of sp³-hybridized carbons (Fsp3) is 1.00. The van der Waals surface area contributed by atoms with Crippen LogP contribution in [0, 0.1) is 5.41 Å². The number of ether oxygens (including phenoxy) is 1. The molecule has 2 N–H and O–H groups in total. The second-order valence-corrected chi connectivity index (χ2v) is 5.47. The zero-order valence-electron chi connectivity index (χ0n) is 11.8. The first-order valence-corrected chi connectivity index (χ1v) is 6.40. The zero-order valence-corrected chi connectivity index (χ0v) is 11.8. The number of nitrogens with two attached hydrogens (primary N) is 1. The van der Waals surface area contributed by atoms with Crippen LogP contribution in [0.25, 0.3) is 0 Å². The van der Waals surface area contributed by atoms with E-state index in [9.17, 15) is 0 Å². The third-order valence-corrected chi connectivity index (χ3v) is 3.06. The van der Waals surface area contributed by atoms with Crippen molar-refractivity contribution in [3.05, 3.63) is 0 Å². The first-order valence-electron chi connectivity index (χ1n) is 6.40. The summed E-state index contributed by atoms with van der Waals surface area (Å²) in [5, 5.41) is 0. The Balaban J connectivity index is 4.24. The Morgan fingerprint density at radius 3 is 2.44 bits per heavy atom. The van der Waals surface area contributed by atoms with E-state index in [0.29, 0.717) is 6.04 Å². The van der Waals surface area contributed by atoms with Gasteiger partial charge in [-0.3, -0.25) is 0 Å². The smallest absolute Gasteiger partial charge is 0.0477 e. The summed E-state index contributed by atoms with van der Waals surface area (Å²) in [7, 11) is 1.76. The minimum atomic E-state index is 0.205. The first-order chi connectivity index (χ1) is 7.46. The minimum Gasteiger partial charge on any atom is -0.385 e. The Morgan fingerprint density at radius 1 is 1.38 bits per heavy atom. The molecule has 0 spiro atoms. The summed E-state index contributed by atoms with van der Waals surface area (Å²) >= 11 is 0.